The molecular formula is C11H11ClFN3S. The minimum absolute atomic E-state index is 0.331. The fraction of sp³-hybridized carbons (Fsp3) is 0.273. The zero-order valence-electron chi connectivity index (χ0n) is 9.20. The fourth-order valence-corrected chi connectivity index (χ4v) is 2.21. The fourth-order valence-electron chi connectivity index (χ4n) is 1.30. The lowest BCUT2D eigenvalue weighted by Gasteiger charge is -2.04. The molecule has 1 aromatic carbocycles. The van der Waals surface area contributed by atoms with Crippen molar-refractivity contribution in [2.75, 3.05) is 5.32 Å². The van der Waals surface area contributed by atoms with Crippen molar-refractivity contribution < 1.29 is 4.39 Å². The van der Waals surface area contributed by atoms with Crippen LogP contribution in [0.2, 0.25) is 5.02 Å². The van der Waals surface area contributed by atoms with Gasteiger partial charge >= 0.3 is 0 Å². The maximum absolute atomic E-state index is 12.8. The van der Waals surface area contributed by atoms with Crippen LogP contribution in [0.3, 0.4) is 0 Å². The Morgan fingerprint density at radius 3 is 2.88 bits per heavy atom. The van der Waals surface area contributed by atoms with Crippen molar-refractivity contribution in [3.63, 3.8) is 0 Å². The van der Waals surface area contributed by atoms with Crippen molar-refractivity contribution in [2.24, 2.45) is 0 Å². The molecule has 1 heterocycles. The molecule has 2 aromatic rings. The van der Waals surface area contributed by atoms with E-state index in [0.29, 0.717) is 11.6 Å². The molecule has 0 aliphatic heterocycles. The van der Waals surface area contributed by atoms with E-state index in [1.165, 1.54) is 23.5 Å². The minimum Gasteiger partial charge on any atom is -0.356 e. The molecule has 0 aliphatic rings. The van der Waals surface area contributed by atoms with Crippen LogP contribution < -0.4 is 5.32 Å². The molecule has 0 bridgehead atoms. The van der Waals surface area contributed by atoms with E-state index in [2.05, 4.69) is 15.5 Å². The molecule has 0 amide bonds. The van der Waals surface area contributed by atoms with E-state index in [-0.39, 0.29) is 5.82 Å². The third-order valence-electron chi connectivity index (χ3n) is 2.21. The van der Waals surface area contributed by atoms with Gasteiger partial charge in [0, 0.05) is 11.6 Å². The number of aryl methyl sites for hydroxylation is 1. The first-order chi connectivity index (χ1) is 8.19. The van der Waals surface area contributed by atoms with Gasteiger partial charge in [-0.25, -0.2) is 4.39 Å². The Labute approximate surface area is 108 Å². The van der Waals surface area contributed by atoms with E-state index in [9.17, 15) is 4.39 Å². The first-order valence-corrected chi connectivity index (χ1v) is 6.38. The van der Waals surface area contributed by atoms with Crippen LogP contribution in [0.1, 0.15) is 17.5 Å². The number of nitrogens with zero attached hydrogens (tertiary/aromatic N) is 2. The predicted octanol–water partition coefficient (Wildman–Crippen LogP) is 3.51. The molecule has 0 atom stereocenters. The van der Waals surface area contributed by atoms with E-state index in [4.69, 9.17) is 11.6 Å². The first kappa shape index (κ1) is 12.3. The Bertz CT molecular complexity index is 515. The molecule has 1 aromatic heterocycles. The van der Waals surface area contributed by atoms with Crippen LogP contribution >= 0.6 is 22.9 Å². The van der Waals surface area contributed by atoms with Crippen molar-refractivity contribution >= 4 is 28.1 Å². The highest BCUT2D eigenvalue weighted by Gasteiger charge is 2.04. The van der Waals surface area contributed by atoms with E-state index in [1.807, 2.05) is 6.92 Å². The lowest BCUT2D eigenvalue weighted by molar-refractivity contribution is 0.627. The first-order valence-electron chi connectivity index (χ1n) is 5.19. The van der Waals surface area contributed by atoms with Crippen molar-refractivity contribution in [2.45, 2.75) is 19.9 Å². The number of benzene rings is 1. The van der Waals surface area contributed by atoms with Gasteiger partial charge in [0.25, 0.3) is 0 Å². The molecule has 1 N–H and O–H groups in total. The average molecular weight is 272 g/mol. The van der Waals surface area contributed by atoms with E-state index in [1.54, 1.807) is 6.07 Å². The van der Waals surface area contributed by atoms with Crippen molar-refractivity contribution in [1.29, 1.82) is 0 Å². The highest BCUT2D eigenvalue weighted by Crippen LogP contribution is 2.20. The average Bonchev–Trinajstić information content (AvgIpc) is 2.76. The summed E-state index contributed by atoms with van der Waals surface area (Å²) in [7, 11) is 0. The summed E-state index contributed by atoms with van der Waals surface area (Å²) < 4.78 is 12.8. The van der Waals surface area contributed by atoms with Crippen LogP contribution in [0.4, 0.5) is 9.52 Å². The van der Waals surface area contributed by atoms with Crippen LogP contribution in [0.5, 0.6) is 0 Å². The Kier molecular flexibility index (Phi) is 3.91. The van der Waals surface area contributed by atoms with Gasteiger partial charge in [-0.1, -0.05) is 35.9 Å². The zero-order valence-corrected chi connectivity index (χ0v) is 10.8. The third-order valence-corrected chi connectivity index (χ3v) is 3.59. The summed E-state index contributed by atoms with van der Waals surface area (Å²) in [6.07, 6.45) is 0.872. The highest BCUT2D eigenvalue weighted by atomic mass is 35.5. The van der Waals surface area contributed by atoms with Gasteiger partial charge < -0.3 is 5.32 Å². The number of hydrogen-bond donors (Lipinski definition) is 1. The molecule has 0 saturated carbocycles. The molecule has 0 fully saturated rings. The van der Waals surface area contributed by atoms with Gasteiger partial charge in [0.2, 0.25) is 5.13 Å². The van der Waals surface area contributed by atoms with Gasteiger partial charge in [-0.05, 0) is 24.1 Å². The Balaban J connectivity index is 2.02. The maximum Gasteiger partial charge on any atom is 0.205 e. The molecule has 6 heteroatoms. The second kappa shape index (κ2) is 5.42. The zero-order chi connectivity index (χ0) is 12.3. The Hall–Kier alpha value is -1.20. The number of nitrogens with one attached hydrogen (secondary N) is 1. The molecule has 3 nitrogen and oxygen atoms in total. The summed E-state index contributed by atoms with van der Waals surface area (Å²) in [5.74, 6) is -0.331. The lowest BCUT2D eigenvalue weighted by atomic mass is 10.2. The summed E-state index contributed by atoms with van der Waals surface area (Å²) in [4.78, 5) is 0. The summed E-state index contributed by atoms with van der Waals surface area (Å²) in [6, 6.07) is 4.35. The van der Waals surface area contributed by atoms with Gasteiger partial charge in [-0.2, -0.15) is 0 Å². The summed E-state index contributed by atoms with van der Waals surface area (Å²) in [5.41, 5.74) is 0.835. The molecule has 0 spiro atoms. The number of rotatable bonds is 4. The predicted molar refractivity (Wildman–Crippen MR) is 68.0 cm³/mol. The number of halogens is 2. The van der Waals surface area contributed by atoms with Crippen LogP contribution in [-0.4, -0.2) is 10.2 Å². The van der Waals surface area contributed by atoms with Gasteiger partial charge in [-0.3, -0.25) is 0 Å². The van der Waals surface area contributed by atoms with Gasteiger partial charge in [0.1, 0.15) is 10.8 Å². The minimum atomic E-state index is -0.331. The monoisotopic (exact) mass is 271 g/mol. The Morgan fingerprint density at radius 1 is 1.41 bits per heavy atom. The molecule has 17 heavy (non-hydrogen) atoms. The second-order valence-electron chi connectivity index (χ2n) is 3.44. The van der Waals surface area contributed by atoms with Crippen LogP contribution in [0, 0.1) is 5.82 Å². The van der Waals surface area contributed by atoms with E-state index in [0.717, 1.165) is 22.1 Å². The molecule has 0 saturated heterocycles. The van der Waals surface area contributed by atoms with Crippen molar-refractivity contribution in [3.05, 3.63) is 39.6 Å². The standard InChI is InChI=1S/C11H11ClFN3S/c1-2-10-15-16-11(17-10)14-6-7-3-4-8(13)5-9(7)12/h3-5H,2,6H2,1H3,(H,14,16). The molecule has 0 radical (unpaired) electrons. The van der Waals surface area contributed by atoms with Crippen LogP contribution in [-0.2, 0) is 13.0 Å². The summed E-state index contributed by atoms with van der Waals surface area (Å²) in [5, 5.41) is 13.3. The van der Waals surface area contributed by atoms with E-state index >= 15 is 0 Å². The lowest BCUT2D eigenvalue weighted by Crippen LogP contribution is -1.99. The molecular weight excluding hydrogens is 261 g/mol. The smallest absolute Gasteiger partial charge is 0.205 e. The number of aromatic nitrogens is 2. The van der Waals surface area contributed by atoms with Gasteiger partial charge in [-0.15, -0.1) is 10.2 Å². The normalized spacial score (nSPS) is 10.5. The van der Waals surface area contributed by atoms with Gasteiger partial charge in [0.15, 0.2) is 0 Å². The topological polar surface area (TPSA) is 37.8 Å². The Morgan fingerprint density at radius 2 is 2.24 bits per heavy atom. The molecule has 2 rings (SSSR count). The summed E-state index contributed by atoms with van der Waals surface area (Å²) in [6.45, 7) is 2.54. The number of hydrogen-bond acceptors (Lipinski definition) is 4. The number of anilines is 1. The SMILES string of the molecule is CCc1nnc(NCc2ccc(F)cc2Cl)s1. The van der Waals surface area contributed by atoms with E-state index < -0.39 is 0 Å². The molecule has 0 unspecified atom stereocenters. The summed E-state index contributed by atoms with van der Waals surface area (Å²) >= 11 is 7.43. The van der Waals surface area contributed by atoms with Crippen molar-refractivity contribution in [3.8, 4) is 0 Å². The van der Waals surface area contributed by atoms with Crippen LogP contribution in [0.15, 0.2) is 18.2 Å². The van der Waals surface area contributed by atoms with Crippen molar-refractivity contribution in [1.82, 2.24) is 10.2 Å². The highest BCUT2D eigenvalue weighted by molar-refractivity contribution is 7.15. The third kappa shape index (κ3) is 3.14. The molecule has 90 valence electrons. The second-order valence-corrected chi connectivity index (χ2v) is 4.91. The maximum atomic E-state index is 12.8. The molecule has 0 aliphatic carbocycles. The quantitative estimate of drug-likeness (QED) is 0.925. The largest absolute Gasteiger partial charge is 0.356 e. The van der Waals surface area contributed by atoms with Crippen LogP contribution in [0.25, 0.3) is 0 Å². The van der Waals surface area contributed by atoms with Gasteiger partial charge in [0.05, 0.1) is 0 Å².